The second-order valence-corrected chi connectivity index (χ2v) is 4.10. The lowest BCUT2D eigenvalue weighted by atomic mass is 10.4. The summed E-state index contributed by atoms with van der Waals surface area (Å²) in [6, 6.07) is 0. The summed E-state index contributed by atoms with van der Waals surface area (Å²) < 4.78 is 2.66. The Hall–Kier alpha value is -2.48. The third-order valence-corrected chi connectivity index (χ3v) is 2.69. The fraction of sp³-hybridized carbons (Fsp3) is 0.333. The molecule has 0 unspecified atom stereocenters. The van der Waals surface area contributed by atoms with Gasteiger partial charge in [-0.05, 0) is 0 Å². The van der Waals surface area contributed by atoms with E-state index in [1.165, 1.54) is 21.8 Å². The quantitative estimate of drug-likeness (QED) is 0.652. The first-order valence-corrected chi connectivity index (χ1v) is 6.06. The van der Waals surface area contributed by atoms with Gasteiger partial charge < -0.3 is 10.4 Å². The molecular formula is C12H15N5O3. The van der Waals surface area contributed by atoms with E-state index in [1.54, 1.807) is 6.08 Å². The fourth-order valence-corrected chi connectivity index (χ4v) is 1.77. The number of fused-ring (bicyclic) bond motifs is 1. The first-order valence-electron chi connectivity index (χ1n) is 6.06. The lowest BCUT2D eigenvalue weighted by Crippen LogP contribution is -2.32. The minimum atomic E-state index is -0.340. The Labute approximate surface area is 114 Å². The molecule has 0 saturated heterocycles. The molecule has 8 nitrogen and oxygen atoms in total. The minimum absolute atomic E-state index is 0.0918. The Bertz CT molecular complexity index is 688. The zero-order valence-electron chi connectivity index (χ0n) is 10.8. The van der Waals surface area contributed by atoms with Gasteiger partial charge in [-0.1, -0.05) is 6.08 Å². The van der Waals surface area contributed by atoms with Crippen LogP contribution < -0.4 is 10.9 Å². The molecule has 2 heterocycles. The molecule has 8 heteroatoms. The topological polar surface area (TPSA) is 102 Å². The number of aromatic nitrogens is 4. The van der Waals surface area contributed by atoms with Gasteiger partial charge >= 0.3 is 0 Å². The van der Waals surface area contributed by atoms with E-state index in [0.717, 1.165) is 0 Å². The molecule has 1 amide bonds. The van der Waals surface area contributed by atoms with Gasteiger partial charge in [0.15, 0.2) is 5.65 Å². The smallest absolute Gasteiger partial charge is 0.264 e. The molecule has 2 aromatic heterocycles. The van der Waals surface area contributed by atoms with Crippen LogP contribution in [-0.2, 0) is 17.9 Å². The van der Waals surface area contributed by atoms with Crippen molar-refractivity contribution in [3.63, 3.8) is 0 Å². The number of hydrogen-bond donors (Lipinski definition) is 2. The number of aliphatic hydroxyl groups excluding tert-OH is 1. The Balaban J connectivity index is 2.28. The summed E-state index contributed by atoms with van der Waals surface area (Å²) in [6.45, 7) is 3.90. The van der Waals surface area contributed by atoms with E-state index in [9.17, 15) is 9.59 Å². The average Bonchev–Trinajstić information content (AvgIpc) is 2.84. The molecule has 106 valence electrons. The monoisotopic (exact) mass is 277 g/mol. The number of rotatable bonds is 6. The van der Waals surface area contributed by atoms with E-state index in [4.69, 9.17) is 5.11 Å². The highest BCUT2D eigenvalue weighted by molar-refractivity contribution is 5.77. The van der Waals surface area contributed by atoms with Crippen molar-refractivity contribution in [2.75, 3.05) is 13.2 Å². The van der Waals surface area contributed by atoms with Crippen molar-refractivity contribution >= 4 is 16.9 Å². The van der Waals surface area contributed by atoms with Gasteiger partial charge in [-0.15, -0.1) is 6.58 Å². The van der Waals surface area contributed by atoms with Crippen molar-refractivity contribution in [2.45, 2.75) is 13.1 Å². The van der Waals surface area contributed by atoms with Gasteiger partial charge in [-0.2, -0.15) is 5.10 Å². The maximum Gasteiger partial charge on any atom is 0.264 e. The number of hydrogen-bond acceptors (Lipinski definition) is 5. The molecule has 0 atom stereocenters. The molecule has 0 aliphatic carbocycles. The Morgan fingerprint density at radius 3 is 3.05 bits per heavy atom. The number of aliphatic hydroxyl groups is 1. The number of carbonyl (C=O) groups is 1. The lowest BCUT2D eigenvalue weighted by Gasteiger charge is -2.05. The second-order valence-electron chi connectivity index (χ2n) is 4.10. The number of nitrogens with one attached hydrogen (secondary N) is 1. The molecular weight excluding hydrogens is 262 g/mol. The van der Waals surface area contributed by atoms with Crippen LogP contribution in [0.4, 0.5) is 0 Å². The van der Waals surface area contributed by atoms with Crippen molar-refractivity contribution in [2.24, 2.45) is 0 Å². The largest absolute Gasteiger partial charge is 0.394 e. The second kappa shape index (κ2) is 6.11. The predicted molar refractivity (Wildman–Crippen MR) is 72.1 cm³/mol. The molecule has 0 aliphatic heterocycles. The van der Waals surface area contributed by atoms with Crippen molar-refractivity contribution in [1.29, 1.82) is 0 Å². The maximum atomic E-state index is 12.2. The summed E-state index contributed by atoms with van der Waals surface area (Å²) in [5.41, 5.74) is 0.0553. The number of amides is 1. The van der Waals surface area contributed by atoms with E-state index in [1.807, 2.05) is 0 Å². The van der Waals surface area contributed by atoms with Gasteiger partial charge in [0.1, 0.15) is 18.3 Å². The normalized spacial score (nSPS) is 10.7. The van der Waals surface area contributed by atoms with Gasteiger partial charge in [-0.3, -0.25) is 14.2 Å². The van der Waals surface area contributed by atoms with Crippen LogP contribution >= 0.6 is 0 Å². The van der Waals surface area contributed by atoms with Crippen molar-refractivity contribution in [3.05, 3.63) is 35.5 Å². The van der Waals surface area contributed by atoms with Crippen LogP contribution in [0.2, 0.25) is 0 Å². The first kappa shape index (κ1) is 13.9. The van der Waals surface area contributed by atoms with E-state index in [-0.39, 0.29) is 31.2 Å². The average molecular weight is 277 g/mol. The van der Waals surface area contributed by atoms with Gasteiger partial charge in [0.25, 0.3) is 5.56 Å². The summed E-state index contributed by atoms with van der Waals surface area (Å²) in [6.07, 6.45) is 4.24. The molecule has 0 aromatic carbocycles. The van der Waals surface area contributed by atoms with E-state index in [0.29, 0.717) is 17.6 Å². The van der Waals surface area contributed by atoms with Crippen LogP contribution in [0.25, 0.3) is 11.0 Å². The number of nitrogens with zero attached hydrogens (tertiary/aromatic N) is 4. The fourth-order valence-electron chi connectivity index (χ4n) is 1.77. The lowest BCUT2D eigenvalue weighted by molar-refractivity contribution is -0.121. The molecule has 0 aliphatic rings. The predicted octanol–water partition coefficient (Wildman–Crippen LogP) is -1.11. The Morgan fingerprint density at radius 1 is 1.55 bits per heavy atom. The third-order valence-electron chi connectivity index (χ3n) is 2.69. The van der Waals surface area contributed by atoms with Crippen LogP contribution in [0.1, 0.15) is 0 Å². The molecule has 0 radical (unpaired) electrons. The van der Waals surface area contributed by atoms with Crippen molar-refractivity contribution in [3.8, 4) is 0 Å². The van der Waals surface area contributed by atoms with Gasteiger partial charge in [0, 0.05) is 6.54 Å². The molecule has 0 spiro atoms. The van der Waals surface area contributed by atoms with Crippen LogP contribution in [0.5, 0.6) is 0 Å². The van der Waals surface area contributed by atoms with Crippen LogP contribution in [0.3, 0.4) is 0 Å². The summed E-state index contributed by atoms with van der Waals surface area (Å²) in [7, 11) is 0. The highest BCUT2D eigenvalue weighted by atomic mass is 16.3. The molecule has 20 heavy (non-hydrogen) atoms. The molecule has 0 bridgehead atoms. The SMILES string of the molecule is C=CCNC(=O)Cn1cnc2c(cnn2CCO)c1=O. The highest BCUT2D eigenvalue weighted by Gasteiger charge is 2.11. The molecule has 0 fully saturated rings. The third kappa shape index (κ3) is 2.75. The van der Waals surface area contributed by atoms with E-state index >= 15 is 0 Å². The van der Waals surface area contributed by atoms with E-state index < -0.39 is 0 Å². The zero-order valence-corrected chi connectivity index (χ0v) is 10.8. The van der Waals surface area contributed by atoms with Crippen LogP contribution in [0.15, 0.2) is 30.0 Å². The summed E-state index contributed by atoms with van der Waals surface area (Å²) >= 11 is 0. The van der Waals surface area contributed by atoms with Gasteiger partial charge in [0.05, 0.1) is 19.3 Å². The Kier molecular flexibility index (Phi) is 4.26. The Morgan fingerprint density at radius 2 is 2.35 bits per heavy atom. The summed E-state index contributed by atoms with van der Waals surface area (Å²) in [5.74, 6) is -0.295. The molecule has 0 saturated carbocycles. The van der Waals surface area contributed by atoms with Crippen LogP contribution in [0, 0.1) is 0 Å². The van der Waals surface area contributed by atoms with Gasteiger partial charge in [0.2, 0.25) is 5.91 Å². The van der Waals surface area contributed by atoms with Crippen LogP contribution in [-0.4, -0.2) is 43.5 Å². The molecule has 2 N–H and O–H groups in total. The summed E-state index contributed by atoms with van der Waals surface area (Å²) in [5, 5.41) is 15.8. The molecule has 2 rings (SSSR count). The summed E-state index contributed by atoms with van der Waals surface area (Å²) in [4.78, 5) is 27.8. The minimum Gasteiger partial charge on any atom is -0.394 e. The zero-order chi connectivity index (χ0) is 14.5. The van der Waals surface area contributed by atoms with E-state index in [2.05, 4.69) is 22.0 Å². The van der Waals surface area contributed by atoms with Gasteiger partial charge in [-0.25, -0.2) is 9.67 Å². The van der Waals surface area contributed by atoms with Crippen molar-refractivity contribution < 1.29 is 9.90 Å². The first-order chi connectivity index (χ1) is 9.67. The number of carbonyl (C=O) groups excluding carboxylic acids is 1. The maximum absolute atomic E-state index is 12.2. The van der Waals surface area contributed by atoms with Crippen molar-refractivity contribution in [1.82, 2.24) is 24.6 Å². The molecule has 2 aromatic rings. The standard InChI is InChI=1S/C12H15N5O3/c1-2-3-13-10(19)7-16-8-14-11-9(12(16)20)6-15-17(11)4-5-18/h2,6,8,18H,1,3-5,7H2,(H,13,19). The highest BCUT2D eigenvalue weighted by Crippen LogP contribution is 2.04.